The molecule has 2 aliphatic heterocycles. The summed E-state index contributed by atoms with van der Waals surface area (Å²) in [7, 11) is 0. The number of fused-ring (bicyclic) bond motifs is 3. The van der Waals surface area contributed by atoms with Crippen molar-refractivity contribution in [1.29, 1.82) is 0 Å². The normalized spacial score (nSPS) is 25.9. The standard InChI is InChI=1S/C27H27N5O/c1-2-4-18(5-3-1)22-8-9-24-30-21-7-6-20(31-26(21)32(22)24)19-11-14-29-25(16-19)33-23-10-12-27(23)13-15-28-17-27/h1-7,11,14,16,22-23,28H,8-10,12-13,15,17H2/t22-,23?,27?/m1/s1. The highest BCUT2D eigenvalue weighted by molar-refractivity contribution is 5.77. The molecule has 6 nitrogen and oxygen atoms in total. The number of hydrogen-bond acceptors (Lipinski definition) is 5. The van der Waals surface area contributed by atoms with Crippen LogP contribution in [0, 0.1) is 5.41 Å². The molecule has 3 aliphatic rings. The minimum Gasteiger partial charge on any atom is -0.474 e. The minimum absolute atomic E-state index is 0.260. The summed E-state index contributed by atoms with van der Waals surface area (Å²) in [4.78, 5) is 14.5. The van der Waals surface area contributed by atoms with E-state index in [-0.39, 0.29) is 6.10 Å². The van der Waals surface area contributed by atoms with Crippen molar-refractivity contribution < 1.29 is 4.74 Å². The van der Waals surface area contributed by atoms with Gasteiger partial charge >= 0.3 is 0 Å². The third-order valence-corrected chi connectivity index (χ3v) is 7.91. The van der Waals surface area contributed by atoms with E-state index < -0.39 is 0 Å². The van der Waals surface area contributed by atoms with E-state index in [1.165, 1.54) is 18.4 Å². The molecule has 7 rings (SSSR count). The fourth-order valence-corrected chi connectivity index (χ4v) is 5.96. The number of benzene rings is 1. The first-order valence-corrected chi connectivity index (χ1v) is 12.1. The number of hydrogen-bond donors (Lipinski definition) is 1. The molecular weight excluding hydrogens is 410 g/mol. The quantitative estimate of drug-likeness (QED) is 0.507. The molecule has 1 N–H and O–H groups in total. The molecule has 4 aromatic rings. The maximum Gasteiger partial charge on any atom is 0.214 e. The van der Waals surface area contributed by atoms with Crippen LogP contribution in [0.25, 0.3) is 22.4 Å². The highest BCUT2D eigenvalue weighted by Crippen LogP contribution is 2.47. The predicted molar refractivity (Wildman–Crippen MR) is 127 cm³/mol. The van der Waals surface area contributed by atoms with Gasteiger partial charge in [-0.3, -0.25) is 0 Å². The van der Waals surface area contributed by atoms with E-state index in [0.29, 0.717) is 17.3 Å². The number of ether oxygens (including phenoxy) is 1. The monoisotopic (exact) mass is 437 g/mol. The highest BCUT2D eigenvalue weighted by Gasteiger charge is 2.50. The van der Waals surface area contributed by atoms with E-state index in [4.69, 9.17) is 14.7 Å². The maximum absolute atomic E-state index is 6.38. The van der Waals surface area contributed by atoms with E-state index in [2.05, 4.69) is 57.3 Å². The van der Waals surface area contributed by atoms with E-state index in [0.717, 1.165) is 60.6 Å². The smallest absolute Gasteiger partial charge is 0.214 e. The van der Waals surface area contributed by atoms with Crippen molar-refractivity contribution in [2.24, 2.45) is 5.41 Å². The molecule has 1 aromatic carbocycles. The fourth-order valence-electron chi connectivity index (χ4n) is 5.96. The highest BCUT2D eigenvalue weighted by atomic mass is 16.5. The van der Waals surface area contributed by atoms with Crippen LogP contribution in [0.15, 0.2) is 60.8 Å². The molecular formula is C27H27N5O. The summed E-state index contributed by atoms with van der Waals surface area (Å²) in [5.41, 5.74) is 5.51. The van der Waals surface area contributed by atoms with Crippen LogP contribution < -0.4 is 10.1 Å². The van der Waals surface area contributed by atoms with Crippen molar-refractivity contribution >= 4 is 11.2 Å². The van der Waals surface area contributed by atoms with Crippen molar-refractivity contribution in [3.63, 3.8) is 0 Å². The zero-order chi connectivity index (χ0) is 21.8. The van der Waals surface area contributed by atoms with E-state index in [1.807, 2.05) is 18.3 Å². The lowest BCUT2D eigenvalue weighted by Gasteiger charge is -2.45. The second kappa shape index (κ2) is 7.39. The van der Waals surface area contributed by atoms with Crippen molar-refractivity contribution in [2.75, 3.05) is 13.1 Å². The first-order chi connectivity index (χ1) is 16.3. The first kappa shape index (κ1) is 19.2. The average Bonchev–Trinajstić information content (AvgIpc) is 3.59. The van der Waals surface area contributed by atoms with Crippen LogP contribution in [0.3, 0.4) is 0 Å². The predicted octanol–water partition coefficient (Wildman–Crippen LogP) is 4.55. The van der Waals surface area contributed by atoms with Crippen LogP contribution in [-0.4, -0.2) is 38.7 Å². The molecule has 0 amide bonds. The van der Waals surface area contributed by atoms with Crippen molar-refractivity contribution in [3.8, 4) is 17.1 Å². The van der Waals surface area contributed by atoms with Gasteiger partial charge in [-0.15, -0.1) is 0 Å². The Morgan fingerprint density at radius 1 is 1.00 bits per heavy atom. The maximum atomic E-state index is 6.38. The molecule has 6 heteroatoms. The molecule has 1 aliphatic carbocycles. The Balaban J connectivity index is 1.22. The Hall–Kier alpha value is -3.25. The first-order valence-electron chi connectivity index (χ1n) is 12.1. The molecule has 3 aromatic heterocycles. The number of nitrogens with zero attached hydrogens (tertiary/aromatic N) is 4. The van der Waals surface area contributed by atoms with Crippen LogP contribution in [0.1, 0.15) is 43.1 Å². The summed E-state index contributed by atoms with van der Waals surface area (Å²) >= 11 is 0. The summed E-state index contributed by atoms with van der Waals surface area (Å²) < 4.78 is 8.71. The van der Waals surface area contributed by atoms with Gasteiger partial charge in [-0.2, -0.15) is 0 Å². The van der Waals surface area contributed by atoms with E-state index in [1.54, 1.807) is 0 Å². The van der Waals surface area contributed by atoms with Crippen LogP contribution in [0.5, 0.6) is 5.88 Å². The SMILES string of the molecule is c1ccc([C@H]2CCc3nc4ccc(-c5ccnc(OC6CCC67CCNC7)c5)nc4n32)cc1. The van der Waals surface area contributed by atoms with Gasteiger partial charge in [0.2, 0.25) is 5.88 Å². The number of pyridine rings is 2. The molecule has 1 saturated carbocycles. The van der Waals surface area contributed by atoms with Crippen LogP contribution >= 0.6 is 0 Å². The Morgan fingerprint density at radius 3 is 2.76 bits per heavy atom. The van der Waals surface area contributed by atoms with Crippen LogP contribution in [-0.2, 0) is 6.42 Å². The van der Waals surface area contributed by atoms with Gasteiger partial charge < -0.3 is 14.6 Å². The van der Waals surface area contributed by atoms with Crippen LogP contribution in [0.2, 0.25) is 0 Å². The second-order valence-corrected chi connectivity index (χ2v) is 9.72. The van der Waals surface area contributed by atoms with Gasteiger partial charge in [0.25, 0.3) is 0 Å². The van der Waals surface area contributed by atoms with Gasteiger partial charge in [0.1, 0.15) is 17.4 Å². The summed E-state index contributed by atoms with van der Waals surface area (Å²) in [6, 6.07) is 19.2. The van der Waals surface area contributed by atoms with Gasteiger partial charge in [0.05, 0.1) is 11.7 Å². The summed E-state index contributed by atoms with van der Waals surface area (Å²) in [5, 5.41) is 3.50. The lowest BCUT2D eigenvalue weighted by Crippen LogP contribution is -2.49. The Labute approximate surface area is 193 Å². The molecule has 1 spiro atoms. The molecule has 0 bridgehead atoms. The molecule has 0 radical (unpaired) electrons. The Kier molecular flexibility index (Phi) is 4.31. The average molecular weight is 438 g/mol. The lowest BCUT2D eigenvalue weighted by molar-refractivity contribution is -0.0337. The number of aromatic nitrogens is 4. The zero-order valence-electron chi connectivity index (χ0n) is 18.6. The van der Waals surface area contributed by atoms with E-state index >= 15 is 0 Å². The number of aryl methyl sites for hydroxylation is 1. The molecule has 1 saturated heterocycles. The number of imidazole rings is 1. The van der Waals surface area contributed by atoms with Crippen LogP contribution in [0.4, 0.5) is 0 Å². The van der Waals surface area contributed by atoms with Gasteiger partial charge in [0, 0.05) is 36.2 Å². The number of nitrogens with one attached hydrogen (secondary N) is 1. The summed E-state index contributed by atoms with van der Waals surface area (Å²) in [6.07, 6.45) is 7.70. The third kappa shape index (κ3) is 3.08. The number of rotatable bonds is 4. The van der Waals surface area contributed by atoms with Crippen molar-refractivity contribution in [3.05, 3.63) is 72.2 Å². The van der Waals surface area contributed by atoms with Crippen molar-refractivity contribution in [1.82, 2.24) is 24.8 Å². The van der Waals surface area contributed by atoms with Gasteiger partial charge in [0.15, 0.2) is 5.65 Å². The van der Waals surface area contributed by atoms with Gasteiger partial charge in [-0.25, -0.2) is 15.0 Å². The molecule has 33 heavy (non-hydrogen) atoms. The molecule has 166 valence electrons. The molecule has 2 unspecified atom stereocenters. The van der Waals surface area contributed by atoms with Gasteiger partial charge in [-0.05, 0) is 56.0 Å². The summed E-state index contributed by atoms with van der Waals surface area (Å²) in [6.45, 7) is 2.15. The fraction of sp³-hybridized carbons (Fsp3) is 0.370. The van der Waals surface area contributed by atoms with Crippen molar-refractivity contribution in [2.45, 2.75) is 44.2 Å². The Bertz CT molecular complexity index is 1330. The van der Waals surface area contributed by atoms with E-state index in [9.17, 15) is 0 Å². The molecule has 5 heterocycles. The molecule has 2 fully saturated rings. The second-order valence-electron chi connectivity index (χ2n) is 9.72. The minimum atomic E-state index is 0.260. The molecule has 3 atom stereocenters. The largest absolute Gasteiger partial charge is 0.474 e. The summed E-state index contributed by atoms with van der Waals surface area (Å²) in [5.74, 6) is 1.83. The Morgan fingerprint density at radius 2 is 1.94 bits per heavy atom. The third-order valence-electron chi connectivity index (χ3n) is 7.91. The van der Waals surface area contributed by atoms with Gasteiger partial charge in [-0.1, -0.05) is 30.3 Å². The lowest BCUT2D eigenvalue weighted by atomic mass is 9.65. The topological polar surface area (TPSA) is 64.9 Å². The zero-order valence-corrected chi connectivity index (χ0v) is 18.6.